The minimum atomic E-state index is -0.540. The zero-order valence-corrected chi connectivity index (χ0v) is 8.94. The van der Waals surface area contributed by atoms with E-state index in [0.717, 1.165) is 22.1 Å². The Kier molecular flexibility index (Phi) is 1.93. The Morgan fingerprint density at radius 3 is 2.69 bits per heavy atom. The number of nitrogens with zero attached hydrogens (tertiary/aromatic N) is 2. The van der Waals surface area contributed by atoms with Crippen LogP contribution in [0.5, 0.6) is 0 Å². The molecule has 1 aliphatic rings. The normalized spacial score (nSPS) is 14.1. The van der Waals surface area contributed by atoms with E-state index in [0.29, 0.717) is 5.84 Å². The number of rotatable bonds is 1. The first-order chi connectivity index (χ1) is 7.81. The number of alkyl halides is 1. The van der Waals surface area contributed by atoms with E-state index in [1.807, 2.05) is 48.3 Å². The summed E-state index contributed by atoms with van der Waals surface area (Å²) in [5.74, 6) is 0.464. The first kappa shape index (κ1) is 9.33. The summed E-state index contributed by atoms with van der Waals surface area (Å²) in [6.07, 6.45) is 0. The number of hydrogen-bond donors (Lipinski definition) is 0. The summed E-state index contributed by atoms with van der Waals surface area (Å²) in [7, 11) is 1.85. The molecule has 0 aromatic heterocycles. The van der Waals surface area contributed by atoms with Crippen molar-refractivity contribution in [1.29, 1.82) is 0 Å². The highest BCUT2D eigenvalue weighted by Gasteiger charge is 2.18. The van der Waals surface area contributed by atoms with Crippen LogP contribution in [0.3, 0.4) is 0 Å². The van der Waals surface area contributed by atoms with Crippen molar-refractivity contribution < 1.29 is 4.39 Å². The Bertz CT molecular complexity index is 584. The van der Waals surface area contributed by atoms with E-state index in [1.54, 1.807) is 0 Å². The van der Waals surface area contributed by atoms with E-state index in [4.69, 9.17) is 0 Å². The second-order valence-corrected chi connectivity index (χ2v) is 3.87. The van der Waals surface area contributed by atoms with Crippen LogP contribution in [0.4, 0.5) is 15.8 Å². The largest absolute Gasteiger partial charge is 0.330 e. The lowest BCUT2D eigenvalue weighted by molar-refractivity contribution is 0.577. The van der Waals surface area contributed by atoms with Crippen LogP contribution in [-0.4, -0.2) is 19.6 Å². The molecule has 16 heavy (non-hydrogen) atoms. The van der Waals surface area contributed by atoms with Crippen molar-refractivity contribution in [3.63, 3.8) is 0 Å². The molecular weight excluding hydrogens is 203 g/mol. The van der Waals surface area contributed by atoms with Gasteiger partial charge in [-0.05, 0) is 17.5 Å². The van der Waals surface area contributed by atoms with E-state index in [9.17, 15) is 4.39 Å². The average molecular weight is 214 g/mol. The molecule has 0 fully saturated rings. The van der Waals surface area contributed by atoms with Gasteiger partial charge in [0.2, 0.25) is 0 Å². The van der Waals surface area contributed by atoms with Gasteiger partial charge in [0.1, 0.15) is 12.5 Å². The molecule has 0 saturated carbocycles. The molecule has 0 spiro atoms. The lowest BCUT2D eigenvalue weighted by atomic mass is 10.0. The first-order valence-corrected chi connectivity index (χ1v) is 5.20. The molecule has 3 heteroatoms. The number of anilines is 1. The van der Waals surface area contributed by atoms with Gasteiger partial charge in [0.05, 0.1) is 11.4 Å². The molecule has 0 radical (unpaired) electrons. The van der Waals surface area contributed by atoms with E-state index >= 15 is 0 Å². The number of hydrogen-bond acceptors (Lipinski definition) is 2. The Balaban J connectivity index is 2.41. The highest BCUT2D eigenvalue weighted by atomic mass is 19.1. The third kappa shape index (κ3) is 1.14. The summed E-state index contributed by atoms with van der Waals surface area (Å²) >= 11 is 0. The van der Waals surface area contributed by atoms with Gasteiger partial charge in [0, 0.05) is 12.4 Å². The van der Waals surface area contributed by atoms with Gasteiger partial charge < -0.3 is 4.90 Å². The van der Waals surface area contributed by atoms with Crippen molar-refractivity contribution in [3.05, 3.63) is 36.4 Å². The molecule has 0 unspecified atom stereocenters. The first-order valence-electron chi connectivity index (χ1n) is 5.20. The number of amidine groups is 1. The van der Waals surface area contributed by atoms with Crippen molar-refractivity contribution in [1.82, 2.24) is 0 Å². The molecule has 3 rings (SSSR count). The van der Waals surface area contributed by atoms with E-state index in [1.165, 1.54) is 0 Å². The summed E-state index contributed by atoms with van der Waals surface area (Å²) in [4.78, 5) is 6.15. The molecule has 1 aliphatic heterocycles. The predicted molar refractivity (Wildman–Crippen MR) is 65.4 cm³/mol. The number of halogens is 1. The highest BCUT2D eigenvalue weighted by molar-refractivity contribution is 6.14. The van der Waals surface area contributed by atoms with Crippen LogP contribution in [0.2, 0.25) is 0 Å². The second-order valence-electron chi connectivity index (χ2n) is 3.87. The van der Waals surface area contributed by atoms with Gasteiger partial charge in [0.15, 0.2) is 0 Å². The smallest absolute Gasteiger partial charge is 0.147 e. The van der Waals surface area contributed by atoms with Crippen LogP contribution in [-0.2, 0) is 0 Å². The van der Waals surface area contributed by atoms with Crippen molar-refractivity contribution in [2.45, 2.75) is 0 Å². The van der Waals surface area contributed by atoms with Gasteiger partial charge in [0.25, 0.3) is 0 Å². The van der Waals surface area contributed by atoms with Crippen molar-refractivity contribution >= 4 is 28.0 Å². The maximum atomic E-state index is 12.8. The Morgan fingerprint density at radius 2 is 1.94 bits per heavy atom. The zero-order chi connectivity index (χ0) is 11.1. The molecule has 0 bridgehead atoms. The summed E-state index contributed by atoms with van der Waals surface area (Å²) in [6.45, 7) is -0.540. The maximum Gasteiger partial charge on any atom is 0.147 e. The Labute approximate surface area is 93.0 Å². The highest BCUT2D eigenvalue weighted by Crippen LogP contribution is 2.37. The SMILES string of the molecule is CN1C(CF)=Nc2cccc3cccc1c23. The molecule has 0 aliphatic carbocycles. The van der Waals surface area contributed by atoms with Crippen molar-refractivity contribution in [2.24, 2.45) is 4.99 Å². The minimum absolute atomic E-state index is 0.464. The van der Waals surface area contributed by atoms with Gasteiger partial charge in [-0.1, -0.05) is 24.3 Å². The number of aliphatic imine (C=N–C) groups is 1. The van der Waals surface area contributed by atoms with Crippen LogP contribution in [0.1, 0.15) is 0 Å². The zero-order valence-electron chi connectivity index (χ0n) is 8.94. The van der Waals surface area contributed by atoms with Crippen molar-refractivity contribution in [2.75, 3.05) is 18.6 Å². The van der Waals surface area contributed by atoms with Crippen LogP contribution < -0.4 is 4.90 Å². The van der Waals surface area contributed by atoms with Gasteiger partial charge in [-0.25, -0.2) is 9.38 Å². The molecular formula is C13H11FN2. The summed E-state index contributed by atoms with van der Waals surface area (Å²) in [5.41, 5.74) is 1.88. The molecule has 2 aromatic carbocycles. The van der Waals surface area contributed by atoms with E-state index in [2.05, 4.69) is 4.99 Å². The Hall–Kier alpha value is -1.90. The van der Waals surface area contributed by atoms with Crippen LogP contribution in [0, 0.1) is 0 Å². The van der Waals surface area contributed by atoms with Gasteiger partial charge in [-0.3, -0.25) is 0 Å². The van der Waals surface area contributed by atoms with Gasteiger partial charge in [-0.15, -0.1) is 0 Å². The fourth-order valence-corrected chi connectivity index (χ4v) is 2.15. The quantitative estimate of drug-likeness (QED) is 0.711. The second kappa shape index (κ2) is 3.30. The third-order valence-corrected chi connectivity index (χ3v) is 2.98. The minimum Gasteiger partial charge on any atom is -0.330 e. The topological polar surface area (TPSA) is 15.6 Å². The van der Waals surface area contributed by atoms with E-state index < -0.39 is 6.67 Å². The monoisotopic (exact) mass is 214 g/mol. The summed E-state index contributed by atoms with van der Waals surface area (Å²) in [5, 5.41) is 2.24. The van der Waals surface area contributed by atoms with Gasteiger partial charge >= 0.3 is 0 Å². The summed E-state index contributed by atoms with van der Waals surface area (Å²) in [6, 6.07) is 12.0. The molecule has 1 heterocycles. The third-order valence-electron chi connectivity index (χ3n) is 2.98. The van der Waals surface area contributed by atoms with Crippen LogP contribution in [0.15, 0.2) is 41.4 Å². The van der Waals surface area contributed by atoms with Crippen LogP contribution in [0.25, 0.3) is 10.8 Å². The fourth-order valence-electron chi connectivity index (χ4n) is 2.15. The number of benzene rings is 2. The average Bonchev–Trinajstić information content (AvgIpc) is 2.33. The Morgan fingerprint density at radius 1 is 1.19 bits per heavy atom. The lowest BCUT2D eigenvalue weighted by Crippen LogP contribution is -2.29. The predicted octanol–water partition coefficient (Wildman–Crippen LogP) is 3.29. The van der Waals surface area contributed by atoms with Crippen LogP contribution >= 0.6 is 0 Å². The molecule has 2 nitrogen and oxygen atoms in total. The van der Waals surface area contributed by atoms with Gasteiger partial charge in [-0.2, -0.15) is 0 Å². The molecule has 0 saturated heterocycles. The maximum absolute atomic E-state index is 12.8. The van der Waals surface area contributed by atoms with Crippen molar-refractivity contribution in [3.8, 4) is 0 Å². The summed E-state index contributed by atoms with van der Waals surface area (Å²) < 4.78 is 12.8. The molecule has 0 atom stereocenters. The molecule has 0 amide bonds. The van der Waals surface area contributed by atoms with E-state index in [-0.39, 0.29) is 0 Å². The molecule has 0 N–H and O–H groups in total. The fraction of sp³-hybridized carbons (Fsp3) is 0.154. The lowest BCUT2D eigenvalue weighted by Gasteiger charge is -2.26. The molecule has 80 valence electrons. The molecule has 2 aromatic rings. The standard InChI is InChI=1S/C13H11FN2/c1-16-11-7-3-5-9-4-2-6-10(13(9)11)15-12(16)8-14/h2-7H,8H2,1H3.